The highest BCUT2D eigenvalue weighted by molar-refractivity contribution is 7.15. The molecule has 0 aliphatic heterocycles. The van der Waals surface area contributed by atoms with Gasteiger partial charge in [-0.25, -0.2) is 4.98 Å². The van der Waals surface area contributed by atoms with E-state index in [0.29, 0.717) is 24.0 Å². The fourth-order valence-electron chi connectivity index (χ4n) is 2.19. The van der Waals surface area contributed by atoms with E-state index in [9.17, 15) is 4.79 Å². The Balaban J connectivity index is 1.49. The number of benzene rings is 1. The summed E-state index contributed by atoms with van der Waals surface area (Å²) in [5.74, 6) is 0.592. The van der Waals surface area contributed by atoms with Gasteiger partial charge in [0.05, 0.1) is 12.2 Å². The number of ether oxygens (including phenoxy) is 1. The maximum absolute atomic E-state index is 11.9. The minimum Gasteiger partial charge on any atom is -0.492 e. The molecule has 0 bridgehead atoms. The predicted molar refractivity (Wildman–Crippen MR) is 96.8 cm³/mol. The molecule has 0 unspecified atom stereocenters. The molecule has 7 heteroatoms. The standard InChI is InChI=1S/C17H16ClN3O2S/c1-12-3-2-4-13(11-12)23-9-7-19-15(22)6-5-14-16(18)20-17-21(14)8-10-24-17/h2-6,8,10-11H,7,9H2,1H3,(H,19,22)/b6-5+. The van der Waals surface area contributed by atoms with Crippen molar-refractivity contribution in [2.24, 2.45) is 0 Å². The monoisotopic (exact) mass is 361 g/mol. The number of imidazole rings is 1. The summed E-state index contributed by atoms with van der Waals surface area (Å²) >= 11 is 7.56. The Morgan fingerprint density at radius 3 is 3.21 bits per heavy atom. The van der Waals surface area contributed by atoms with Gasteiger partial charge < -0.3 is 10.1 Å². The first-order valence-corrected chi connectivity index (χ1v) is 8.65. The first kappa shape index (κ1) is 16.5. The van der Waals surface area contributed by atoms with Gasteiger partial charge in [0.2, 0.25) is 5.91 Å². The van der Waals surface area contributed by atoms with Crippen LogP contribution in [-0.4, -0.2) is 28.4 Å². The average Bonchev–Trinajstić information content (AvgIpc) is 3.10. The molecule has 0 spiro atoms. The zero-order chi connectivity index (χ0) is 16.9. The van der Waals surface area contributed by atoms with Crippen molar-refractivity contribution in [1.29, 1.82) is 0 Å². The van der Waals surface area contributed by atoms with Gasteiger partial charge >= 0.3 is 0 Å². The number of hydrogen-bond donors (Lipinski definition) is 1. The topological polar surface area (TPSA) is 55.6 Å². The van der Waals surface area contributed by atoms with Crippen molar-refractivity contribution in [2.75, 3.05) is 13.2 Å². The number of aromatic nitrogens is 2. The molecule has 1 N–H and O–H groups in total. The third-order valence-electron chi connectivity index (χ3n) is 3.31. The van der Waals surface area contributed by atoms with Gasteiger partial charge in [-0.05, 0) is 30.7 Å². The predicted octanol–water partition coefficient (Wildman–Crippen LogP) is 3.57. The van der Waals surface area contributed by atoms with Gasteiger partial charge in [-0.1, -0.05) is 23.7 Å². The number of nitrogens with one attached hydrogen (secondary N) is 1. The highest BCUT2D eigenvalue weighted by Crippen LogP contribution is 2.22. The molecule has 124 valence electrons. The summed E-state index contributed by atoms with van der Waals surface area (Å²) in [4.78, 5) is 16.9. The van der Waals surface area contributed by atoms with Crippen LogP contribution in [0, 0.1) is 6.92 Å². The number of amides is 1. The highest BCUT2D eigenvalue weighted by atomic mass is 35.5. The van der Waals surface area contributed by atoms with E-state index < -0.39 is 0 Å². The van der Waals surface area contributed by atoms with Gasteiger partial charge in [0.15, 0.2) is 10.1 Å². The molecule has 0 saturated heterocycles. The number of nitrogens with zero attached hydrogens (tertiary/aromatic N) is 2. The van der Waals surface area contributed by atoms with Crippen molar-refractivity contribution in [2.45, 2.75) is 6.92 Å². The van der Waals surface area contributed by atoms with E-state index >= 15 is 0 Å². The minimum atomic E-state index is -0.205. The number of rotatable bonds is 6. The van der Waals surface area contributed by atoms with Crippen LogP contribution in [0.25, 0.3) is 11.0 Å². The van der Waals surface area contributed by atoms with Gasteiger partial charge in [0, 0.05) is 17.7 Å². The van der Waals surface area contributed by atoms with Crippen molar-refractivity contribution in [3.63, 3.8) is 0 Å². The fraction of sp³-hybridized carbons (Fsp3) is 0.176. The summed E-state index contributed by atoms with van der Waals surface area (Å²) in [6.07, 6.45) is 4.97. The van der Waals surface area contributed by atoms with E-state index in [1.807, 2.05) is 47.2 Å². The van der Waals surface area contributed by atoms with Gasteiger partial charge in [-0.15, -0.1) is 11.3 Å². The minimum absolute atomic E-state index is 0.205. The molecule has 1 aromatic carbocycles. The Morgan fingerprint density at radius 2 is 2.38 bits per heavy atom. The third kappa shape index (κ3) is 3.96. The zero-order valence-corrected chi connectivity index (χ0v) is 14.6. The molecule has 5 nitrogen and oxygen atoms in total. The van der Waals surface area contributed by atoms with Gasteiger partial charge in [0.1, 0.15) is 12.4 Å². The van der Waals surface area contributed by atoms with Gasteiger partial charge in [0.25, 0.3) is 0 Å². The van der Waals surface area contributed by atoms with Crippen LogP contribution < -0.4 is 10.1 Å². The Morgan fingerprint density at radius 1 is 1.50 bits per heavy atom. The number of carbonyl (C=O) groups is 1. The molecule has 3 rings (SSSR count). The third-order valence-corrected chi connectivity index (χ3v) is 4.34. The molecule has 1 amide bonds. The van der Waals surface area contributed by atoms with Crippen LogP contribution in [0.15, 0.2) is 41.9 Å². The summed E-state index contributed by atoms with van der Waals surface area (Å²) in [7, 11) is 0. The summed E-state index contributed by atoms with van der Waals surface area (Å²) in [6, 6.07) is 7.79. The normalized spacial score (nSPS) is 11.2. The lowest BCUT2D eigenvalue weighted by Gasteiger charge is -2.07. The molecule has 0 aliphatic rings. The second-order valence-electron chi connectivity index (χ2n) is 5.13. The summed E-state index contributed by atoms with van der Waals surface area (Å²) in [5, 5.41) is 5.07. The van der Waals surface area contributed by atoms with Crippen LogP contribution in [0.5, 0.6) is 5.75 Å². The lowest BCUT2D eigenvalue weighted by Crippen LogP contribution is -2.26. The van der Waals surface area contributed by atoms with Gasteiger partial charge in [-0.2, -0.15) is 0 Å². The number of thiazole rings is 1. The van der Waals surface area contributed by atoms with Crippen molar-refractivity contribution in [3.05, 3.63) is 58.3 Å². The molecule has 2 heterocycles. The SMILES string of the molecule is Cc1cccc(OCCNC(=O)/C=C/c2c(Cl)nc3sccn23)c1. The van der Waals surface area contributed by atoms with E-state index in [4.69, 9.17) is 16.3 Å². The maximum atomic E-state index is 11.9. The van der Waals surface area contributed by atoms with Crippen molar-refractivity contribution < 1.29 is 9.53 Å². The average molecular weight is 362 g/mol. The van der Waals surface area contributed by atoms with E-state index in [1.165, 1.54) is 17.4 Å². The zero-order valence-electron chi connectivity index (χ0n) is 13.0. The van der Waals surface area contributed by atoms with Crippen LogP contribution in [0.3, 0.4) is 0 Å². The maximum Gasteiger partial charge on any atom is 0.244 e. The number of halogens is 1. The molecule has 24 heavy (non-hydrogen) atoms. The van der Waals surface area contributed by atoms with Crippen molar-refractivity contribution in [3.8, 4) is 5.75 Å². The summed E-state index contributed by atoms with van der Waals surface area (Å²) in [5.41, 5.74) is 1.83. The van der Waals surface area contributed by atoms with Crippen molar-refractivity contribution >= 4 is 39.9 Å². The molecular formula is C17H16ClN3O2S. The van der Waals surface area contributed by atoms with Gasteiger partial charge in [-0.3, -0.25) is 9.20 Å². The number of hydrogen-bond acceptors (Lipinski definition) is 4. The molecular weight excluding hydrogens is 346 g/mol. The quantitative estimate of drug-likeness (QED) is 0.539. The molecule has 2 aromatic heterocycles. The Kier molecular flexibility index (Phi) is 5.17. The first-order chi connectivity index (χ1) is 11.6. The second-order valence-corrected chi connectivity index (χ2v) is 6.36. The van der Waals surface area contributed by atoms with E-state index in [1.54, 1.807) is 6.08 Å². The Bertz CT molecular complexity index is 885. The van der Waals surface area contributed by atoms with Crippen LogP contribution in [0.4, 0.5) is 0 Å². The molecule has 0 atom stereocenters. The lowest BCUT2D eigenvalue weighted by atomic mass is 10.2. The molecule has 3 aromatic rings. The first-order valence-electron chi connectivity index (χ1n) is 7.40. The largest absolute Gasteiger partial charge is 0.492 e. The highest BCUT2D eigenvalue weighted by Gasteiger charge is 2.08. The van der Waals surface area contributed by atoms with E-state index in [-0.39, 0.29) is 5.91 Å². The fourth-order valence-corrected chi connectivity index (χ4v) is 3.19. The number of fused-ring (bicyclic) bond motifs is 1. The van der Waals surface area contributed by atoms with E-state index in [0.717, 1.165) is 16.3 Å². The smallest absolute Gasteiger partial charge is 0.244 e. The van der Waals surface area contributed by atoms with Crippen LogP contribution in [0.2, 0.25) is 5.15 Å². The Labute approximate surface area is 148 Å². The number of aryl methyl sites for hydroxylation is 1. The molecule has 0 radical (unpaired) electrons. The summed E-state index contributed by atoms with van der Waals surface area (Å²) in [6.45, 7) is 2.84. The second kappa shape index (κ2) is 7.51. The molecule has 0 saturated carbocycles. The van der Waals surface area contributed by atoms with Crippen molar-refractivity contribution in [1.82, 2.24) is 14.7 Å². The van der Waals surface area contributed by atoms with Crippen LogP contribution in [-0.2, 0) is 4.79 Å². The lowest BCUT2D eigenvalue weighted by molar-refractivity contribution is -0.116. The summed E-state index contributed by atoms with van der Waals surface area (Å²) < 4.78 is 7.43. The van der Waals surface area contributed by atoms with Crippen LogP contribution in [0.1, 0.15) is 11.3 Å². The molecule has 0 aliphatic carbocycles. The Hall–Kier alpha value is -2.31. The van der Waals surface area contributed by atoms with E-state index in [2.05, 4.69) is 10.3 Å². The number of carbonyl (C=O) groups excluding carboxylic acids is 1. The van der Waals surface area contributed by atoms with Crippen LogP contribution >= 0.6 is 22.9 Å². The molecule has 0 fully saturated rings.